The second kappa shape index (κ2) is 6.01. The fraction of sp³-hybridized carbons (Fsp3) is 0.182. The van der Waals surface area contributed by atoms with Crippen LogP contribution >= 0.6 is 23.2 Å². The van der Waals surface area contributed by atoms with E-state index in [1.807, 2.05) is 6.92 Å². The number of nitrogens with one attached hydrogen (secondary N) is 1. The number of nitrogens with zero attached hydrogens (tertiary/aromatic N) is 3. The van der Waals surface area contributed by atoms with E-state index in [4.69, 9.17) is 33.8 Å². The first-order valence-electron chi connectivity index (χ1n) is 5.45. The molecule has 2 aromatic rings. The SMILES string of the molecule is CCONc1nc(N)nc(-c2cc(Cl)ccc2Cl)n1. The van der Waals surface area contributed by atoms with Gasteiger partial charge in [0.2, 0.25) is 5.95 Å². The molecule has 0 radical (unpaired) electrons. The van der Waals surface area contributed by atoms with E-state index >= 15 is 0 Å². The number of nitrogens with two attached hydrogens (primary N) is 1. The standard InChI is InChI=1S/C11H11Cl2N5O/c1-2-19-18-11-16-9(15-10(14)17-11)7-5-6(12)3-4-8(7)13/h3-5H,2H2,1H3,(H3,14,15,16,17,18). The molecule has 3 N–H and O–H groups in total. The van der Waals surface area contributed by atoms with Crippen molar-refractivity contribution in [3.63, 3.8) is 0 Å². The maximum atomic E-state index is 6.09. The Bertz CT molecular complexity index is 593. The van der Waals surface area contributed by atoms with Gasteiger partial charge < -0.3 is 5.73 Å². The number of aromatic nitrogens is 3. The summed E-state index contributed by atoms with van der Waals surface area (Å²) >= 11 is 12.0. The molecule has 0 saturated carbocycles. The molecule has 8 heteroatoms. The van der Waals surface area contributed by atoms with E-state index in [0.717, 1.165) is 0 Å². The summed E-state index contributed by atoms with van der Waals surface area (Å²) in [6.45, 7) is 2.28. The Morgan fingerprint density at radius 2 is 2.05 bits per heavy atom. The average molecular weight is 300 g/mol. The highest BCUT2D eigenvalue weighted by atomic mass is 35.5. The second-order valence-corrected chi connectivity index (χ2v) is 4.34. The quantitative estimate of drug-likeness (QED) is 0.844. The summed E-state index contributed by atoms with van der Waals surface area (Å²) in [6.07, 6.45) is 0. The van der Waals surface area contributed by atoms with Crippen LogP contribution in [0.15, 0.2) is 18.2 Å². The molecule has 1 aromatic heterocycles. The van der Waals surface area contributed by atoms with Crippen LogP contribution in [-0.2, 0) is 4.84 Å². The molecule has 1 aromatic carbocycles. The highest BCUT2D eigenvalue weighted by molar-refractivity contribution is 6.35. The van der Waals surface area contributed by atoms with Gasteiger partial charge in [-0.2, -0.15) is 15.0 Å². The highest BCUT2D eigenvalue weighted by Crippen LogP contribution is 2.28. The molecule has 0 atom stereocenters. The van der Waals surface area contributed by atoms with Gasteiger partial charge in [-0.25, -0.2) is 5.48 Å². The molecular weight excluding hydrogens is 289 g/mol. The topological polar surface area (TPSA) is 86.0 Å². The van der Waals surface area contributed by atoms with Gasteiger partial charge in [0.05, 0.1) is 11.6 Å². The summed E-state index contributed by atoms with van der Waals surface area (Å²) in [6, 6.07) is 5.00. The minimum absolute atomic E-state index is 0.0586. The number of hydrogen-bond acceptors (Lipinski definition) is 6. The third kappa shape index (κ3) is 3.44. The Morgan fingerprint density at radius 3 is 2.79 bits per heavy atom. The van der Waals surface area contributed by atoms with Crippen molar-refractivity contribution >= 4 is 35.1 Å². The molecule has 1 heterocycles. The number of nitrogen functional groups attached to an aromatic ring is 1. The van der Waals surface area contributed by atoms with Crippen molar-refractivity contribution in [2.24, 2.45) is 0 Å². The van der Waals surface area contributed by atoms with Crippen molar-refractivity contribution in [3.05, 3.63) is 28.2 Å². The zero-order valence-electron chi connectivity index (χ0n) is 10.0. The van der Waals surface area contributed by atoms with Crippen LogP contribution < -0.4 is 11.2 Å². The van der Waals surface area contributed by atoms with Crippen molar-refractivity contribution in [3.8, 4) is 11.4 Å². The largest absolute Gasteiger partial charge is 0.368 e. The molecule has 0 spiro atoms. The van der Waals surface area contributed by atoms with Crippen LogP contribution in [0, 0.1) is 0 Å². The van der Waals surface area contributed by atoms with Crippen molar-refractivity contribution in [2.45, 2.75) is 6.92 Å². The van der Waals surface area contributed by atoms with Gasteiger partial charge >= 0.3 is 0 Å². The molecule has 100 valence electrons. The van der Waals surface area contributed by atoms with Crippen molar-refractivity contribution in [1.82, 2.24) is 15.0 Å². The number of halogens is 2. The van der Waals surface area contributed by atoms with Gasteiger partial charge in [-0.05, 0) is 25.1 Å². The molecule has 0 aliphatic heterocycles. The van der Waals surface area contributed by atoms with Crippen LogP contribution in [0.2, 0.25) is 10.0 Å². The first-order chi connectivity index (χ1) is 9.10. The summed E-state index contributed by atoms with van der Waals surface area (Å²) in [7, 11) is 0. The predicted octanol–water partition coefficient (Wildman–Crippen LogP) is 2.79. The lowest BCUT2D eigenvalue weighted by molar-refractivity contribution is 0.207. The summed E-state index contributed by atoms with van der Waals surface area (Å²) in [5.74, 6) is 0.589. The van der Waals surface area contributed by atoms with E-state index in [-0.39, 0.29) is 11.9 Å². The van der Waals surface area contributed by atoms with Gasteiger partial charge in [0, 0.05) is 10.6 Å². The van der Waals surface area contributed by atoms with Gasteiger partial charge in [0.1, 0.15) is 0 Å². The first kappa shape index (κ1) is 13.8. The Hall–Kier alpha value is -1.63. The van der Waals surface area contributed by atoms with Crippen LogP contribution in [-0.4, -0.2) is 21.6 Å². The number of anilines is 2. The van der Waals surface area contributed by atoms with E-state index < -0.39 is 0 Å². The molecule has 0 saturated heterocycles. The lowest BCUT2D eigenvalue weighted by Crippen LogP contribution is -2.08. The Labute approximate surface area is 119 Å². The van der Waals surface area contributed by atoms with Gasteiger partial charge in [-0.3, -0.25) is 4.84 Å². The lowest BCUT2D eigenvalue weighted by atomic mass is 10.2. The van der Waals surface area contributed by atoms with E-state index in [0.29, 0.717) is 28.0 Å². The molecule has 0 fully saturated rings. The Morgan fingerprint density at radius 1 is 1.26 bits per heavy atom. The maximum Gasteiger partial charge on any atom is 0.252 e. The zero-order valence-corrected chi connectivity index (χ0v) is 11.5. The van der Waals surface area contributed by atoms with Crippen LogP contribution in [0.4, 0.5) is 11.9 Å². The Kier molecular flexibility index (Phi) is 4.36. The normalized spacial score (nSPS) is 10.5. The average Bonchev–Trinajstić information content (AvgIpc) is 2.38. The van der Waals surface area contributed by atoms with Crippen molar-refractivity contribution in [1.29, 1.82) is 0 Å². The van der Waals surface area contributed by atoms with Gasteiger partial charge in [-0.15, -0.1) is 0 Å². The van der Waals surface area contributed by atoms with Crippen LogP contribution in [0.5, 0.6) is 0 Å². The fourth-order valence-corrected chi connectivity index (χ4v) is 1.74. The minimum atomic E-state index is 0.0586. The van der Waals surface area contributed by atoms with Crippen LogP contribution in [0.1, 0.15) is 6.92 Å². The van der Waals surface area contributed by atoms with Crippen LogP contribution in [0.3, 0.4) is 0 Å². The van der Waals surface area contributed by atoms with E-state index in [1.54, 1.807) is 18.2 Å². The zero-order chi connectivity index (χ0) is 13.8. The van der Waals surface area contributed by atoms with Crippen molar-refractivity contribution in [2.75, 3.05) is 17.8 Å². The monoisotopic (exact) mass is 299 g/mol. The maximum absolute atomic E-state index is 6.09. The van der Waals surface area contributed by atoms with Gasteiger partial charge in [0.15, 0.2) is 5.82 Å². The number of benzene rings is 1. The molecule has 6 nitrogen and oxygen atoms in total. The third-order valence-electron chi connectivity index (χ3n) is 2.13. The smallest absolute Gasteiger partial charge is 0.252 e. The molecule has 2 rings (SSSR count). The molecule has 0 aliphatic rings. The number of rotatable bonds is 4. The fourth-order valence-electron chi connectivity index (χ4n) is 1.36. The summed E-state index contributed by atoms with van der Waals surface area (Å²) in [5.41, 5.74) is 8.76. The van der Waals surface area contributed by atoms with E-state index in [9.17, 15) is 0 Å². The molecular formula is C11H11Cl2N5O. The van der Waals surface area contributed by atoms with E-state index in [2.05, 4.69) is 20.4 Å². The number of hydrogen-bond donors (Lipinski definition) is 2. The summed E-state index contributed by atoms with van der Waals surface area (Å²) < 4.78 is 0. The third-order valence-corrected chi connectivity index (χ3v) is 2.69. The highest BCUT2D eigenvalue weighted by Gasteiger charge is 2.11. The minimum Gasteiger partial charge on any atom is -0.368 e. The predicted molar refractivity (Wildman–Crippen MR) is 74.9 cm³/mol. The van der Waals surface area contributed by atoms with Crippen LogP contribution in [0.25, 0.3) is 11.4 Å². The molecule has 0 bridgehead atoms. The molecule has 0 unspecified atom stereocenters. The van der Waals surface area contributed by atoms with Gasteiger partial charge in [0.25, 0.3) is 5.95 Å². The molecule has 0 aliphatic carbocycles. The van der Waals surface area contributed by atoms with Gasteiger partial charge in [-0.1, -0.05) is 23.2 Å². The van der Waals surface area contributed by atoms with E-state index in [1.165, 1.54) is 0 Å². The Balaban J connectivity index is 2.43. The summed E-state index contributed by atoms with van der Waals surface area (Å²) in [4.78, 5) is 17.1. The lowest BCUT2D eigenvalue weighted by Gasteiger charge is -2.07. The summed E-state index contributed by atoms with van der Waals surface area (Å²) in [5, 5.41) is 0.995. The molecule has 19 heavy (non-hydrogen) atoms. The van der Waals surface area contributed by atoms with Crippen molar-refractivity contribution < 1.29 is 4.84 Å². The molecule has 0 amide bonds. The first-order valence-corrected chi connectivity index (χ1v) is 6.20. The second-order valence-electron chi connectivity index (χ2n) is 3.50.